The van der Waals surface area contributed by atoms with Gasteiger partial charge in [-0.3, -0.25) is 9.59 Å². The molecule has 0 spiro atoms. The highest BCUT2D eigenvalue weighted by Gasteiger charge is 2.24. The number of nitrogens with zero attached hydrogens (tertiary/aromatic N) is 2. The molecule has 0 aliphatic heterocycles. The smallest absolute Gasteiger partial charge is 0.227 e. The summed E-state index contributed by atoms with van der Waals surface area (Å²) in [5.41, 5.74) is 3.98. The summed E-state index contributed by atoms with van der Waals surface area (Å²) in [5, 5.41) is 3.10. The maximum Gasteiger partial charge on any atom is 0.227 e. The first-order chi connectivity index (χ1) is 14.8. The molecule has 0 bridgehead atoms. The predicted octanol–water partition coefficient (Wildman–Crippen LogP) is 5.07. The Morgan fingerprint density at radius 3 is 2.29 bits per heavy atom. The molecule has 1 saturated carbocycles. The third kappa shape index (κ3) is 6.09. The van der Waals surface area contributed by atoms with E-state index in [9.17, 15) is 9.59 Å². The average molecular weight is 422 g/mol. The van der Waals surface area contributed by atoms with E-state index in [4.69, 9.17) is 0 Å². The summed E-state index contributed by atoms with van der Waals surface area (Å²) < 4.78 is 0. The van der Waals surface area contributed by atoms with Crippen LogP contribution in [0.4, 0.5) is 11.4 Å². The SMILES string of the molecule is CC(C)C(=O)N(Cc1ccccc1)Cc1cc(NC(=O)C2CCCC2)ccc1N(C)C. The fourth-order valence-electron chi connectivity index (χ4n) is 4.24. The minimum Gasteiger partial charge on any atom is -0.377 e. The van der Waals surface area contributed by atoms with Crippen LogP contribution in [-0.2, 0) is 22.7 Å². The van der Waals surface area contributed by atoms with Gasteiger partial charge in [0, 0.05) is 50.4 Å². The van der Waals surface area contributed by atoms with Crippen molar-refractivity contribution in [2.24, 2.45) is 11.8 Å². The summed E-state index contributed by atoms with van der Waals surface area (Å²) >= 11 is 0. The molecule has 1 fully saturated rings. The predicted molar refractivity (Wildman–Crippen MR) is 127 cm³/mol. The maximum atomic E-state index is 13.0. The van der Waals surface area contributed by atoms with Gasteiger partial charge in [0.05, 0.1) is 0 Å². The lowest BCUT2D eigenvalue weighted by Gasteiger charge is -2.28. The summed E-state index contributed by atoms with van der Waals surface area (Å²) in [6.45, 7) is 4.92. The Labute approximate surface area is 186 Å². The third-order valence-electron chi connectivity index (χ3n) is 5.94. The minimum absolute atomic E-state index is 0.0863. The molecule has 2 amide bonds. The topological polar surface area (TPSA) is 52.7 Å². The van der Waals surface area contributed by atoms with Crippen LogP contribution in [0.3, 0.4) is 0 Å². The molecule has 0 unspecified atom stereocenters. The number of hydrogen-bond donors (Lipinski definition) is 1. The molecule has 31 heavy (non-hydrogen) atoms. The van der Waals surface area contributed by atoms with Gasteiger partial charge < -0.3 is 15.1 Å². The van der Waals surface area contributed by atoms with Crippen molar-refractivity contribution in [3.8, 4) is 0 Å². The van der Waals surface area contributed by atoms with Gasteiger partial charge in [0.2, 0.25) is 11.8 Å². The Bertz CT molecular complexity index is 887. The highest BCUT2D eigenvalue weighted by molar-refractivity contribution is 5.93. The highest BCUT2D eigenvalue weighted by Crippen LogP contribution is 2.29. The first-order valence-electron chi connectivity index (χ1n) is 11.3. The number of carbonyl (C=O) groups is 2. The van der Waals surface area contributed by atoms with E-state index in [1.54, 1.807) is 0 Å². The van der Waals surface area contributed by atoms with Gasteiger partial charge in [0.15, 0.2) is 0 Å². The van der Waals surface area contributed by atoms with Crippen molar-refractivity contribution in [1.82, 2.24) is 4.90 Å². The summed E-state index contributed by atoms with van der Waals surface area (Å²) in [7, 11) is 4.00. The standard InChI is InChI=1S/C26H35N3O2/c1-19(2)26(31)29(17-20-10-6-5-7-11-20)18-22-16-23(14-15-24(22)28(3)4)27-25(30)21-12-8-9-13-21/h5-7,10-11,14-16,19,21H,8-9,12-13,17-18H2,1-4H3,(H,27,30). The number of amides is 2. The van der Waals surface area contributed by atoms with Gasteiger partial charge in [-0.1, -0.05) is 57.0 Å². The highest BCUT2D eigenvalue weighted by atomic mass is 16.2. The number of hydrogen-bond acceptors (Lipinski definition) is 3. The number of carbonyl (C=O) groups excluding carboxylic acids is 2. The monoisotopic (exact) mass is 421 g/mol. The molecule has 0 heterocycles. The van der Waals surface area contributed by atoms with Crippen LogP contribution in [0.1, 0.15) is 50.7 Å². The molecule has 1 aliphatic carbocycles. The third-order valence-corrected chi connectivity index (χ3v) is 5.94. The van der Waals surface area contributed by atoms with E-state index in [1.807, 2.05) is 81.4 Å². The van der Waals surface area contributed by atoms with E-state index in [0.717, 1.165) is 48.2 Å². The lowest BCUT2D eigenvalue weighted by molar-refractivity contribution is -0.135. The molecular weight excluding hydrogens is 386 g/mol. The van der Waals surface area contributed by atoms with E-state index in [1.165, 1.54) is 0 Å². The Kier molecular flexibility index (Phi) is 7.72. The molecular formula is C26H35N3O2. The molecule has 3 rings (SSSR count). The lowest BCUT2D eigenvalue weighted by Crippen LogP contribution is -2.34. The van der Waals surface area contributed by atoms with Crippen molar-refractivity contribution < 1.29 is 9.59 Å². The quantitative estimate of drug-likeness (QED) is 0.648. The molecule has 0 saturated heterocycles. The molecule has 0 aromatic heterocycles. The van der Waals surface area contributed by atoms with Crippen LogP contribution in [0.5, 0.6) is 0 Å². The van der Waals surface area contributed by atoms with Crippen molar-refractivity contribution in [2.45, 2.75) is 52.6 Å². The van der Waals surface area contributed by atoms with Crippen molar-refractivity contribution in [3.63, 3.8) is 0 Å². The molecule has 0 atom stereocenters. The molecule has 2 aromatic rings. The van der Waals surface area contributed by atoms with Crippen LogP contribution in [0.2, 0.25) is 0 Å². The molecule has 166 valence electrons. The summed E-state index contributed by atoms with van der Waals surface area (Å²) in [5.74, 6) is 0.264. The first-order valence-corrected chi connectivity index (χ1v) is 11.3. The van der Waals surface area contributed by atoms with Gasteiger partial charge >= 0.3 is 0 Å². The Hall–Kier alpha value is -2.82. The first kappa shape index (κ1) is 22.9. The molecule has 0 radical (unpaired) electrons. The second kappa shape index (κ2) is 10.5. The number of benzene rings is 2. The summed E-state index contributed by atoms with van der Waals surface area (Å²) in [6, 6.07) is 16.1. The van der Waals surface area contributed by atoms with E-state index in [-0.39, 0.29) is 23.7 Å². The normalized spacial score (nSPS) is 14.0. The van der Waals surface area contributed by atoms with Crippen LogP contribution < -0.4 is 10.2 Å². The van der Waals surface area contributed by atoms with E-state index in [0.29, 0.717) is 13.1 Å². The van der Waals surface area contributed by atoms with Crippen LogP contribution in [0, 0.1) is 11.8 Å². The Morgan fingerprint density at radius 1 is 1.00 bits per heavy atom. The van der Waals surface area contributed by atoms with Crippen LogP contribution in [0.25, 0.3) is 0 Å². The molecule has 2 aromatic carbocycles. The fraction of sp³-hybridized carbons (Fsp3) is 0.462. The minimum atomic E-state index is -0.0863. The second-order valence-corrected chi connectivity index (χ2v) is 9.04. The fourth-order valence-corrected chi connectivity index (χ4v) is 4.24. The average Bonchev–Trinajstić information content (AvgIpc) is 3.28. The van der Waals surface area contributed by atoms with Crippen molar-refractivity contribution in [2.75, 3.05) is 24.3 Å². The number of nitrogens with one attached hydrogen (secondary N) is 1. The van der Waals surface area contributed by atoms with Crippen molar-refractivity contribution in [1.29, 1.82) is 0 Å². The zero-order valence-corrected chi connectivity index (χ0v) is 19.2. The van der Waals surface area contributed by atoms with Gasteiger partial charge in [-0.25, -0.2) is 0 Å². The zero-order valence-electron chi connectivity index (χ0n) is 19.2. The van der Waals surface area contributed by atoms with Gasteiger partial charge in [-0.2, -0.15) is 0 Å². The summed E-state index contributed by atoms with van der Waals surface area (Å²) in [6.07, 6.45) is 4.22. The van der Waals surface area contributed by atoms with Gasteiger partial charge in [-0.15, -0.1) is 0 Å². The van der Waals surface area contributed by atoms with Crippen molar-refractivity contribution in [3.05, 3.63) is 59.7 Å². The van der Waals surface area contributed by atoms with Crippen LogP contribution in [0.15, 0.2) is 48.5 Å². The van der Waals surface area contributed by atoms with E-state index >= 15 is 0 Å². The number of rotatable bonds is 8. The Balaban J connectivity index is 1.85. The largest absolute Gasteiger partial charge is 0.377 e. The molecule has 5 heteroatoms. The Morgan fingerprint density at radius 2 is 1.68 bits per heavy atom. The zero-order chi connectivity index (χ0) is 22.4. The van der Waals surface area contributed by atoms with Gasteiger partial charge in [0.1, 0.15) is 0 Å². The molecule has 1 N–H and O–H groups in total. The summed E-state index contributed by atoms with van der Waals surface area (Å²) in [4.78, 5) is 29.6. The second-order valence-electron chi connectivity index (χ2n) is 9.04. The van der Waals surface area contributed by atoms with Gasteiger partial charge in [-0.05, 0) is 42.2 Å². The number of anilines is 2. The van der Waals surface area contributed by atoms with E-state index in [2.05, 4.69) is 10.2 Å². The van der Waals surface area contributed by atoms with Gasteiger partial charge in [0.25, 0.3) is 0 Å². The van der Waals surface area contributed by atoms with Crippen LogP contribution >= 0.6 is 0 Å². The molecule has 5 nitrogen and oxygen atoms in total. The molecule has 1 aliphatic rings. The van der Waals surface area contributed by atoms with Crippen LogP contribution in [-0.4, -0.2) is 30.8 Å². The maximum absolute atomic E-state index is 13.0. The van der Waals surface area contributed by atoms with E-state index < -0.39 is 0 Å². The lowest BCUT2D eigenvalue weighted by atomic mass is 10.1. The van der Waals surface area contributed by atoms with Crippen molar-refractivity contribution >= 4 is 23.2 Å².